The number of nitrogens with zero attached hydrogens (tertiary/aromatic N) is 1. The van der Waals surface area contributed by atoms with Crippen molar-refractivity contribution in [2.75, 3.05) is 5.32 Å². The number of nitrogens with one attached hydrogen (secondary N) is 1. The van der Waals surface area contributed by atoms with E-state index in [0.717, 1.165) is 0 Å². The van der Waals surface area contributed by atoms with Gasteiger partial charge in [-0.05, 0) is 30.3 Å². The maximum Gasteiger partial charge on any atom is 0.416 e. The first-order valence-corrected chi connectivity index (χ1v) is 5.95. The quantitative estimate of drug-likeness (QED) is 0.845. The zero-order chi connectivity index (χ0) is 15.6. The second kappa shape index (κ2) is 5.69. The molecule has 110 valence electrons. The second-order valence-electron chi connectivity index (χ2n) is 4.01. The Morgan fingerprint density at radius 2 is 1.90 bits per heavy atom. The lowest BCUT2D eigenvalue weighted by Crippen LogP contribution is -2.15. The van der Waals surface area contributed by atoms with Crippen molar-refractivity contribution in [2.24, 2.45) is 0 Å². The summed E-state index contributed by atoms with van der Waals surface area (Å²) >= 11 is 5.67. The topological polar surface area (TPSA) is 42.0 Å². The Morgan fingerprint density at radius 3 is 2.52 bits per heavy atom. The van der Waals surface area contributed by atoms with Gasteiger partial charge in [0.15, 0.2) is 0 Å². The van der Waals surface area contributed by atoms with Crippen LogP contribution >= 0.6 is 11.6 Å². The number of carbonyl (C=O) groups is 1. The molecule has 0 aliphatic rings. The number of carbonyl (C=O) groups excluding carboxylic acids is 1. The fourth-order valence-corrected chi connectivity index (χ4v) is 1.67. The Labute approximate surface area is 121 Å². The third kappa shape index (κ3) is 3.69. The van der Waals surface area contributed by atoms with Gasteiger partial charge < -0.3 is 5.32 Å². The lowest BCUT2D eigenvalue weighted by Gasteiger charge is -2.10. The fraction of sp³-hybridized carbons (Fsp3) is 0.0769. The molecule has 1 aromatic heterocycles. The van der Waals surface area contributed by atoms with Crippen LogP contribution in [0.2, 0.25) is 5.02 Å². The van der Waals surface area contributed by atoms with Gasteiger partial charge in [-0.15, -0.1) is 0 Å². The van der Waals surface area contributed by atoms with Crippen molar-refractivity contribution in [3.05, 3.63) is 58.6 Å². The van der Waals surface area contributed by atoms with Gasteiger partial charge >= 0.3 is 6.18 Å². The highest BCUT2D eigenvalue weighted by molar-refractivity contribution is 6.30. The number of halogens is 5. The summed E-state index contributed by atoms with van der Waals surface area (Å²) < 4.78 is 51.1. The highest BCUT2D eigenvalue weighted by Crippen LogP contribution is 2.31. The van der Waals surface area contributed by atoms with Gasteiger partial charge in [0, 0.05) is 11.2 Å². The van der Waals surface area contributed by atoms with Crippen molar-refractivity contribution in [3.63, 3.8) is 0 Å². The van der Waals surface area contributed by atoms with Crippen LogP contribution in [0.15, 0.2) is 36.5 Å². The molecule has 0 radical (unpaired) electrons. The number of rotatable bonds is 2. The summed E-state index contributed by atoms with van der Waals surface area (Å²) in [5, 5.41) is 2.25. The molecule has 0 saturated carbocycles. The summed E-state index contributed by atoms with van der Waals surface area (Å²) in [5.41, 5.74) is -1.80. The zero-order valence-electron chi connectivity index (χ0n) is 10.2. The van der Waals surface area contributed by atoms with Crippen LogP contribution in [0.4, 0.5) is 23.2 Å². The summed E-state index contributed by atoms with van der Waals surface area (Å²) in [6.45, 7) is 0. The fourth-order valence-electron chi connectivity index (χ4n) is 1.51. The number of anilines is 1. The number of benzene rings is 1. The van der Waals surface area contributed by atoms with E-state index in [0.29, 0.717) is 18.2 Å². The first kappa shape index (κ1) is 15.2. The molecule has 1 heterocycles. The second-order valence-corrected chi connectivity index (χ2v) is 4.44. The average Bonchev–Trinajstić information content (AvgIpc) is 2.40. The number of aromatic nitrogens is 1. The Morgan fingerprint density at radius 1 is 1.19 bits per heavy atom. The number of alkyl halides is 3. The third-order valence-corrected chi connectivity index (χ3v) is 2.73. The predicted octanol–water partition coefficient (Wildman–Crippen LogP) is 4.15. The SMILES string of the molecule is O=C(Nc1cc(C(F)(F)F)ccc1F)c1cc(Cl)ccn1. The van der Waals surface area contributed by atoms with Crippen LogP contribution in [-0.2, 0) is 6.18 Å². The Hall–Kier alpha value is -2.15. The third-order valence-electron chi connectivity index (χ3n) is 2.50. The number of hydrogen-bond acceptors (Lipinski definition) is 2. The van der Waals surface area contributed by atoms with Crippen molar-refractivity contribution < 1.29 is 22.4 Å². The summed E-state index contributed by atoms with van der Waals surface area (Å²) in [6.07, 6.45) is -3.39. The molecule has 0 aliphatic heterocycles. The van der Waals surface area contributed by atoms with E-state index in [9.17, 15) is 22.4 Å². The Bertz CT molecular complexity index is 688. The lowest BCUT2D eigenvalue weighted by atomic mass is 10.2. The Balaban J connectivity index is 2.29. The van der Waals surface area contributed by atoms with E-state index in [1.807, 2.05) is 5.32 Å². The molecule has 0 atom stereocenters. The first-order chi connectivity index (χ1) is 9.77. The maximum atomic E-state index is 13.5. The number of pyridine rings is 1. The molecular weight excluding hydrogens is 312 g/mol. The normalized spacial score (nSPS) is 11.3. The molecule has 0 bridgehead atoms. The summed E-state index contributed by atoms with van der Waals surface area (Å²) in [7, 11) is 0. The summed E-state index contributed by atoms with van der Waals surface area (Å²) in [4.78, 5) is 15.5. The van der Waals surface area contributed by atoms with Crippen molar-refractivity contribution in [1.29, 1.82) is 0 Å². The van der Waals surface area contributed by atoms with E-state index in [1.54, 1.807) is 0 Å². The monoisotopic (exact) mass is 318 g/mol. The van der Waals surface area contributed by atoms with Gasteiger partial charge in [-0.3, -0.25) is 9.78 Å². The van der Waals surface area contributed by atoms with Crippen LogP contribution in [0.25, 0.3) is 0 Å². The molecule has 2 aromatic rings. The van der Waals surface area contributed by atoms with Crippen LogP contribution in [0.3, 0.4) is 0 Å². The van der Waals surface area contributed by atoms with Crippen LogP contribution in [0.1, 0.15) is 16.1 Å². The van der Waals surface area contributed by atoms with E-state index in [1.165, 1.54) is 18.3 Å². The van der Waals surface area contributed by atoms with Crippen LogP contribution < -0.4 is 5.32 Å². The molecule has 0 saturated heterocycles. The molecule has 2 rings (SSSR count). The van der Waals surface area contributed by atoms with Crippen molar-refractivity contribution in [3.8, 4) is 0 Å². The van der Waals surface area contributed by atoms with E-state index in [-0.39, 0.29) is 10.7 Å². The zero-order valence-corrected chi connectivity index (χ0v) is 11.0. The van der Waals surface area contributed by atoms with Gasteiger partial charge in [0.1, 0.15) is 11.5 Å². The Kier molecular flexibility index (Phi) is 4.13. The average molecular weight is 319 g/mol. The summed E-state index contributed by atoms with van der Waals surface area (Å²) in [6, 6.07) is 4.36. The maximum absolute atomic E-state index is 13.5. The van der Waals surface area contributed by atoms with Crippen LogP contribution in [0.5, 0.6) is 0 Å². The largest absolute Gasteiger partial charge is 0.416 e. The van der Waals surface area contributed by atoms with E-state index < -0.39 is 29.2 Å². The molecule has 8 heteroatoms. The smallest absolute Gasteiger partial charge is 0.318 e. The van der Waals surface area contributed by atoms with Gasteiger partial charge in [0.25, 0.3) is 5.91 Å². The summed E-state index contributed by atoms with van der Waals surface area (Å²) in [5.74, 6) is -1.85. The van der Waals surface area contributed by atoms with Gasteiger partial charge in [-0.1, -0.05) is 11.6 Å². The molecule has 0 spiro atoms. The molecule has 3 nitrogen and oxygen atoms in total. The molecule has 0 aliphatic carbocycles. The van der Waals surface area contributed by atoms with Gasteiger partial charge in [0.2, 0.25) is 0 Å². The van der Waals surface area contributed by atoms with Gasteiger partial charge in [-0.2, -0.15) is 13.2 Å². The van der Waals surface area contributed by atoms with E-state index in [2.05, 4.69) is 4.98 Å². The molecule has 21 heavy (non-hydrogen) atoms. The van der Waals surface area contributed by atoms with Crippen molar-refractivity contribution >= 4 is 23.2 Å². The molecule has 0 unspecified atom stereocenters. The molecule has 0 fully saturated rings. The molecule has 1 N–H and O–H groups in total. The van der Waals surface area contributed by atoms with Gasteiger partial charge in [-0.25, -0.2) is 4.39 Å². The van der Waals surface area contributed by atoms with Crippen LogP contribution in [0, 0.1) is 5.82 Å². The van der Waals surface area contributed by atoms with E-state index in [4.69, 9.17) is 11.6 Å². The minimum atomic E-state index is -4.64. The van der Waals surface area contributed by atoms with E-state index >= 15 is 0 Å². The molecular formula is C13H7ClF4N2O. The highest BCUT2D eigenvalue weighted by atomic mass is 35.5. The minimum absolute atomic E-state index is 0.140. The number of amides is 1. The molecule has 1 amide bonds. The van der Waals surface area contributed by atoms with Gasteiger partial charge in [0.05, 0.1) is 11.3 Å². The minimum Gasteiger partial charge on any atom is -0.318 e. The lowest BCUT2D eigenvalue weighted by molar-refractivity contribution is -0.137. The van der Waals surface area contributed by atoms with Crippen LogP contribution in [-0.4, -0.2) is 10.9 Å². The first-order valence-electron chi connectivity index (χ1n) is 5.57. The van der Waals surface area contributed by atoms with Crippen molar-refractivity contribution in [1.82, 2.24) is 4.98 Å². The molecule has 1 aromatic carbocycles. The van der Waals surface area contributed by atoms with Crippen molar-refractivity contribution in [2.45, 2.75) is 6.18 Å². The standard InChI is InChI=1S/C13H7ClF4N2O/c14-8-3-4-19-11(6-8)12(21)20-10-5-7(13(16,17)18)1-2-9(10)15/h1-6H,(H,20,21). The highest BCUT2D eigenvalue weighted by Gasteiger charge is 2.31. The number of hydrogen-bond donors (Lipinski definition) is 1. The predicted molar refractivity (Wildman–Crippen MR) is 68.6 cm³/mol.